The number of carbonyl (C=O) groups excluding carboxylic acids is 1. The summed E-state index contributed by atoms with van der Waals surface area (Å²) < 4.78 is 37.5. The van der Waals surface area contributed by atoms with Gasteiger partial charge in [0.1, 0.15) is 28.8 Å². The molecule has 0 saturated carbocycles. The summed E-state index contributed by atoms with van der Waals surface area (Å²) in [6.45, 7) is 5.65. The first-order valence-electron chi connectivity index (χ1n) is 16.8. The molecule has 2 aliphatic rings. The van der Waals surface area contributed by atoms with Crippen LogP contribution in [0, 0.1) is 12.8 Å². The lowest BCUT2D eigenvalue weighted by molar-refractivity contribution is -0.124. The van der Waals surface area contributed by atoms with Crippen LogP contribution in [0.3, 0.4) is 0 Å². The Labute approximate surface area is 297 Å². The summed E-state index contributed by atoms with van der Waals surface area (Å²) in [7, 11) is -4.14. The van der Waals surface area contributed by atoms with Crippen LogP contribution >= 0.6 is 23.2 Å². The van der Waals surface area contributed by atoms with Gasteiger partial charge in [-0.15, -0.1) is 0 Å². The Kier molecular flexibility index (Phi) is 11.4. The molecule has 262 valence electrons. The maximum absolute atomic E-state index is 14.1. The van der Waals surface area contributed by atoms with Crippen LogP contribution in [0.15, 0.2) is 60.0 Å². The molecule has 0 spiro atoms. The summed E-state index contributed by atoms with van der Waals surface area (Å²) in [6.07, 6.45) is 10.0. The fourth-order valence-corrected chi connectivity index (χ4v) is 9.28. The number of unbranched alkanes of at least 4 members (excludes halogenated alkanes) is 1. The Morgan fingerprint density at radius 2 is 1.92 bits per heavy atom. The van der Waals surface area contributed by atoms with E-state index < -0.39 is 16.1 Å². The topological polar surface area (TPSA) is 130 Å². The van der Waals surface area contributed by atoms with E-state index in [2.05, 4.69) is 15.2 Å². The maximum Gasteiger partial charge on any atom is 0.245 e. The molecule has 2 aromatic heterocycles. The fourth-order valence-electron chi connectivity index (χ4n) is 6.76. The summed E-state index contributed by atoms with van der Waals surface area (Å²) in [5.41, 5.74) is 2.65. The molecule has 0 bridgehead atoms. The number of hydrogen-bond acceptors (Lipinski definition) is 8. The Balaban J connectivity index is 1.14. The normalized spacial score (nSPS) is 17.9. The monoisotopic (exact) mass is 728 g/mol. The van der Waals surface area contributed by atoms with Crippen LogP contribution in [0.25, 0.3) is 16.6 Å². The number of sulfonamides is 1. The third kappa shape index (κ3) is 7.90. The number of piperidine rings is 1. The number of aliphatic hydroxyl groups excluding tert-OH is 1. The lowest BCUT2D eigenvalue weighted by Gasteiger charge is -2.32. The van der Waals surface area contributed by atoms with Gasteiger partial charge in [0, 0.05) is 53.8 Å². The van der Waals surface area contributed by atoms with Crippen molar-refractivity contribution in [3.8, 4) is 11.4 Å². The standard InChI is InChI=1S/C35H42Cl2N6O5S/c1-24-20-30(42-18-13-38-23-42)26-6-4-8-31(34(26)40-24)48-22-27-28(36)9-10-32(33(27)37)49(46,47)43-15-5-7-29(43)35(45)39-21-25-11-16-41(17-12-25)14-2-3-19-44/h4,6,8-10,13,18,20,23,25,29,44H,2-3,5,7,11-12,14-17,19,21-22H2,1H3,(H,39,45)/t29-/m0/s1. The number of imidazole rings is 1. The zero-order chi connectivity index (χ0) is 34.5. The first-order valence-corrected chi connectivity index (χ1v) is 19.0. The number of nitrogens with one attached hydrogen (secondary N) is 1. The number of likely N-dealkylation sites (tertiary alicyclic amines) is 1. The number of aliphatic hydroxyl groups is 1. The van der Waals surface area contributed by atoms with Crippen LogP contribution in [0.2, 0.25) is 10.0 Å². The minimum atomic E-state index is -4.14. The third-order valence-electron chi connectivity index (χ3n) is 9.46. The summed E-state index contributed by atoms with van der Waals surface area (Å²) >= 11 is 13.4. The van der Waals surface area contributed by atoms with Crippen LogP contribution in [0.4, 0.5) is 0 Å². The quantitative estimate of drug-likeness (QED) is 0.176. The summed E-state index contributed by atoms with van der Waals surface area (Å²) in [5.74, 6) is 0.552. The predicted octanol–water partition coefficient (Wildman–Crippen LogP) is 5.37. The summed E-state index contributed by atoms with van der Waals surface area (Å²) in [6, 6.07) is 9.66. The number of aryl methyl sites for hydroxylation is 1. The molecule has 4 aromatic rings. The van der Waals surface area contributed by atoms with E-state index in [1.165, 1.54) is 16.4 Å². The SMILES string of the molecule is Cc1cc(-n2ccnc2)c2cccc(OCc3c(Cl)ccc(S(=O)(=O)N4CCC[C@H]4C(=O)NCC4CCN(CCCCO)CC4)c3Cl)c2n1. The predicted molar refractivity (Wildman–Crippen MR) is 190 cm³/mol. The number of aromatic nitrogens is 3. The van der Waals surface area contributed by atoms with Crippen molar-refractivity contribution in [1.29, 1.82) is 0 Å². The Morgan fingerprint density at radius 1 is 1.10 bits per heavy atom. The molecule has 2 aromatic carbocycles. The zero-order valence-corrected chi connectivity index (χ0v) is 29.9. The molecule has 4 heterocycles. The van der Waals surface area contributed by atoms with Crippen LogP contribution in [-0.2, 0) is 21.4 Å². The molecule has 1 atom stereocenters. The van der Waals surface area contributed by atoms with Crippen molar-refractivity contribution in [2.75, 3.05) is 39.3 Å². The van der Waals surface area contributed by atoms with Crippen molar-refractivity contribution in [3.63, 3.8) is 0 Å². The lowest BCUT2D eigenvalue weighted by Crippen LogP contribution is -2.47. The van der Waals surface area contributed by atoms with Gasteiger partial charge in [-0.1, -0.05) is 35.3 Å². The second-order valence-corrected chi connectivity index (χ2v) is 15.4. The average molecular weight is 730 g/mol. The highest BCUT2D eigenvalue weighted by Gasteiger charge is 2.41. The molecule has 2 fully saturated rings. The highest BCUT2D eigenvalue weighted by molar-refractivity contribution is 7.89. The highest BCUT2D eigenvalue weighted by atomic mass is 35.5. The van der Waals surface area contributed by atoms with Crippen LogP contribution in [-0.4, -0.2) is 88.5 Å². The number of halogens is 2. The van der Waals surface area contributed by atoms with Gasteiger partial charge in [-0.2, -0.15) is 4.31 Å². The highest BCUT2D eigenvalue weighted by Crippen LogP contribution is 2.37. The molecule has 0 radical (unpaired) electrons. The minimum Gasteiger partial charge on any atom is -0.487 e. The van der Waals surface area contributed by atoms with E-state index in [9.17, 15) is 13.2 Å². The van der Waals surface area contributed by atoms with Gasteiger partial charge in [-0.25, -0.2) is 18.4 Å². The van der Waals surface area contributed by atoms with Crippen LogP contribution < -0.4 is 10.1 Å². The molecular weight excluding hydrogens is 687 g/mol. The van der Waals surface area contributed by atoms with Gasteiger partial charge >= 0.3 is 0 Å². The number of amides is 1. The number of carbonyl (C=O) groups is 1. The van der Waals surface area contributed by atoms with E-state index in [-0.39, 0.29) is 40.6 Å². The van der Waals surface area contributed by atoms with Crippen molar-refractivity contribution in [2.24, 2.45) is 5.92 Å². The lowest BCUT2D eigenvalue weighted by atomic mass is 9.96. The molecular formula is C35H42Cl2N6O5S. The Hall–Kier alpha value is -3.26. The maximum atomic E-state index is 14.1. The molecule has 2 saturated heterocycles. The minimum absolute atomic E-state index is 0.0345. The van der Waals surface area contributed by atoms with Crippen molar-refractivity contribution in [1.82, 2.24) is 29.1 Å². The van der Waals surface area contributed by atoms with Crippen molar-refractivity contribution < 1.29 is 23.1 Å². The van der Waals surface area contributed by atoms with Gasteiger partial charge in [-0.3, -0.25) is 4.79 Å². The van der Waals surface area contributed by atoms with Gasteiger partial charge in [-0.05, 0) is 95.3 Å². The first-order chi connectivity index (χ1) is 23.7. The fraction of sp³-hybridized carbons (Fsp3) is 0.457. The van der Waals surface area contributed by atoms with E-state index in [1.54, 1.807) is 18.6 Å². The number of benzene rings is 2. The second-order valence-electron chi connectivity index (χ2n) is 12.8. The van der Waals surface area contributed by atoms with E-state index in [1.807, 2.05) is 35.9 Å². The van der Waals surface area contributed by atoms with Crippen LogP contribution in [0.5, 0.6) is 5.75 Å². The molecule has 11 nitrogen and oxygen atoms in total. The average Bonchev–Trinajstić information content (AvgIpc) is 3.81. The molecule has 49 heavy (non-hydrogen) atoms. The molecule has 2 N–H and O–H groups in total. The van der Waals surface area contributed by atoms with Crippen molar-refractivity contribution in [2.45, 2.75) is 63.0 Å². The van der Waals surface area contributed by atoms with Crippen molar-refractivity contribution >= 4 is 50.0 Å². The summed E-state index contributed by atoms with van der Waals surface area (Å²) in [4.78, 5) is 24.5. The van der Waals surface area contributed by atoms with Gasteiger partial charge in [0.05, 0.1) is 17.0 Å². The van der Waals surface area contributed by atoms with E-state index in [4.69, 9.17) is 38.0 Å². The number of rotatable bonds is 13. The molecule has 2 aliphatic heterocycles. The van der Waals surface area contributed by atoms with Gasteiger partial charge in [0.15, 0.2) is 0 Å². The molecule has 0 aliphatic carbocycles. The first kappa shape index (κ1) is 35.6. The molecule has 6 rings (SSSR count). The third-order valence-corrected chi connectivity index (χ3v) is 12.3. The number of para-hydroxylation sites is 1. The largest absolute Gasteiger partial charge is 0.487 e. The number of nitrogens with zero attached hydrogens (tertiary/aromatic N) is 5. The van der Waals surface area contributed by atoms with E-state index >= 15 is 0 Å². The van der Waals surface area contributed by atoms with Gasteiger partial charge in [0.2, 0.25) is 15.9 Å². The number of ether oxygens (including phenoxy) is 1. The van der Waals surface area contributed by atoms with Gasteiger partial charge < -0.3 is 24.6 Å². The summed E-state index contributed by atoms with van der Waals surface area (Å²) in [5, 5.41) is 13.2. The number of fused-ring (bicyclic) bond motifs is 1. The number of pyridine rings is 1. The van der Waals surface area contributed by atoms with Gasteiger partial charge in [0.25, 0.3) is 0 Å². The number of hydrogen-bond donors (Lipinski definition) is 2. The molecule has 0 unspecified atom stereocenters. The second kappa shape index (κ2) is 15.7. The molecule has 1 amide bonds. The Morgan fingerprint density at radius 3 is 2.67 bits per heavy atom. The van der Waals surface area contributed by atoms with Crippen LogP contribution in [0.1, 0.15) is 49.8 Å². The Bertz CT molecular complexity index is 1880. The smallest absolute Gasteiger partial charge is 0.245 e. The van der Waals surface area contributed by atoms with E-state index in [0.29, 0.717) is 42.1 Å². The molecule has 14 heteroatoms. The van der Waals surface area contributed by atoms with Crippen molar-refractivity contribution in [3.05, 3.63) is 76.4 Å². The van der Waals surface area contributed by atoms with E-state index in [0.717, 1.165) is 62.1 Å². The zero-order valence-electron chi connectivity index (χ0n) is 27.5.